The van der Waals surface area contributed by atoms with Gasteiger partial charge < -0.3 is 5.73 Å². The van der Waals surface area contributed by atoms with Crippen molar-refractivity contribution in [1.82, 2.24) is 24.6 Å². The number of aryl methyl sites for hydroxylation is 1. The summed E-state index contributed by atoms with van der Waals surface area (Å²) in [7, 11) is 1.87. The lowest BCUT2D eigenvalue weighted by atomic mass is 10.2. The summed E-state index contributed by atoms with van der Waals surface area (Å²) in [6.45, 7) is 9.30. The van der Waals surface area contributed by atoms with Gasteiger partial charge >= 0.3 is 0 Å². The van der Waals surface area contributed by atoms with Gasteiger partial charge in [0.2, 0.25) is 0 Å². The molecule has 0 aromatic carbocycles. The molecule has 0 bridgehead atoms. The lowest BCUT2D eigenvalue weighted by molar-refractivity contribution is 0.243. The van der Waals surface area contributed by atoms with Crippen molar-refractivity contribution in [3.05, 3.63) is 12.0 Å². The molecule has 0 fully saturated rings. The van der Waals surface area contributed by atoms with Gasteiger partial charge in [0.25, 0.3) is 0 Å². The fraction of sp³-hybridized carbons (Fsp3) is 0.615. The lowest BCUT2D eigenvalue weighted by Gasteiger charge is -2.21. The second-order valence-corrected chi connectivity index (χ2v) is 5.25. The first kappa shape index (κ1) is 13.7. The van der Waals surface area contributed by atoms with Crippen LogP contribution in [-0.4, -0.2) is 37.7 Å². The topological polar surface area (TPSA) is 72.9 Å². The van der Waals surface area contributed by atoms with E-state index in [0.29, 0.717) is 11.7 Å². The maximum atomic E-state index is 5.97. The third kappa shape index (κ3) is 3.01. The van der Waals surface area contributed by atoms with Crippen LogP contribution in [0.5, 0.6) is 0 Å². The van der Waals surface area contributed by atoms with Gasteiger partial charge in [0.15, 0.2) is 5.65 Å². The maximum Gasteiger partial charge on any atom is 0.163 e. The summed E-state index contributed by atoms with van der Waals surface area (Å²) in [6, 6.07) is 0. The number of fused-ring (bicyclic) bond motifs is 1. The van der Waals surface area contributed by atoms with Gasteiger partial charge in [0, 0.05) is 13.6 Å². The highest BCUT2D eigenvalue weighted by atomic mass is 15.3. The van der Waals surface area contributed by atoms with E-state index in [1.54, 1.807) is 10.9 Å². The summed E-state index contributed by atoms with van der Waals surface area (Å²) in [5.41, 5.74) is 6.76. The molecule has 0 radical (unpaired) electrons. The first-order valence-electron chi connectivity index (χ1n) is 6.67. The number of aromatic nitrogens is 4. The molecule has 0 saturated carbocycles. The molecule has 6 nitrogen and oxygen atoms in total. The standard InChI is InChI=1S/C13H22N6/c1-5-19(7-9(2)3)8-11-16-12(14)10-6-15-18(4)13(10)17-11/h6,9H,5,7-8H2,1-4H3,(H2,14,16,17). The summed E-state index contributed by atoms with van der Waals surface area (Å²) >= 11 is 0. The van der Waals surface area contributed by atoms with Gasteiger partial charge in [0.1, 0.15) is 11.6 Å². The minimum Gasteiger partial charge on any atom is -0.383 e. The number of hydrogen-bond donors (Lipinski definition) is 1. The summed E-state index contributed by atoms with van der Waals surface area (Å²) in [6.07, 6.45) is 1.71. The van der Waals surface area contributed by atoms with E-state index in [-0.39, 0.29) is 0 Å². The van der Waals surface area contributed by atoms with Gasteiger partial charge in [-0.3, -0.25) is 9.58 Å². The molecule has 0 spiro atoms. The lowest BCUT2D eigenvalue weighted by Crippen LogP contribution is -2.28. The van der Waals surface area contributed by atoms with Crippen molar-refractivity contribution in [2.24, 2.45) is 13.0 Å². The Morgan fingerprint density at radius 3 is 2.74 bits per heavy atom. The highest BCUT2D eigenvalue weighted by molar-refractivity contribution is 5.84. The fourth-order valence-corrected chi connectivity index (χ4v) is 2.18. The molecular weight excluding hydrogens is 240 g/mol. The van der Waals surface area contributed by atoms with Crippen LogP contribution >= 0.6 is 0 Å². The monoisotopic (exact) mass is 262 g/mol. The Morgan fingerprint density at radius 2 is 2.11 bits per heavy atom. The van der Waals surface area contributed by atoms with Crippen LogP contribution in [0.25, 0.3) is 11.0 Å². The van der Waals surface area contributed by atoms with Crippen LogP contribution in [0.3, 0.4) is 0 Å². The van der Waals surface area contributed by atoms with Gasteiger partial charge in [-0.1, -0.05) is 20.8 Å². The van der Waals surface area contributed by atoms with E-state index in [9.17, 15) is 0 Å². The minimum atomic E-state index is 0.508. The molecule has 0 saturated heterocycles. The molecule has 0 atom stereocenters. The quantitative estimate of drug-likeness (QED) is 0.882. The Bertz CT molecular complexity index is 560. The van der Waals surface area contributed by atoms with Gasteiger partial charge in [0.05, 0.1) is 18.1 Å². The highest BCUT2D eigenvalue weighted by Gasteiger charge is 2.12. The largest absolute Gasteiger partial charge is 0.383 e. The second kappa shape index (κ2) is 5.52. The summed E-state index contributed by atoms with van der Waals surface area (Å²) in [4.78, 5) is 11.3. The van der Waals surface area contributed by atoms with Crippen LogP contribution < -0.4 is 5.73 Å². The Hall–Kier alpha value is -1.69. The van der Waals surface area contributed by atoms with Crippen molar-refractivity contribution in [1.29, 1.82) is 0 Å². The Morgan fingerprint density at radius 1 is 1.37 bits per heavy atom. The number of rotatable bonds is 5. The average Bonchev–Trinajstić information content (AvgIpc) is 2.70. The van der Waals surface area contributed by atoms with Crippen molar-refractivity contribution in [2.75, 3.05) is 18.8 Å². The molecule has 0 unspecified atom stereocenters. The molecule has 19 heavy (non-hydrogen) atoms. The molecule has 2 N–H and O–H groups in total. The predicted molar refractivity (Wildman–Crippen MR) is 76.5 cm³/mol. The van der Waals surface area contributed by atoms with E-state index in [1.165, 1.54) is 0 Å². The van der Waals surface area contributed by atoms with Crippen molar-refractivity contribution in [3.63, 3.8) is 0 Å². The molecule has 2 aromatic rings. The smallest absolute Gasteiger partial charge is 0.163 e. The zero-order chi connectivity index (χ0) is 14.0. The zero-order valence-electron chi connectivity index (χ0n) is 12.1. The molecule has 104 valence electrons. The van der Waals surface area contributed by atoms with Gasteiger partial charge in [-0.2, -0.15) is 5.10 Å². The number of anilines is 1. The average molecular weight is 262 g/mol. The predicted octanol–water partition coefficient (Wildman–Crippen LogP) is 1.42. The van der Waals surface area contributed by atoms with Gasteiger partial charge in [-0.25, -0.2) is 9.97 Å². The first-order chi connectivity index (χ1) is 9.01. The van der Waals surface area contributed by atoms with Crippen molar-refractivity contribution < 1.29 is 0 Å². The molecule has 0 amide bonds. The van der Waals surface area contributed by atoms with E-state index in [2.05, 4.69) is 40.7 Å². The molecule has 0 aliphatic rings. The third-order valence-corrected chi connectivity index (χ3v) is 3.10. The van der Waals surface area contributed by atoms with Gasteiger partial charge in [-0.05, 0) is 12.5 Å². The number of nitrogen functional groups attached to an aromatic ring is 1. The van der Waals surface area contributed by atoms with E-state index < -0.39 is 0 Å². The van der Waals surface area contributed by atoms with Crippen LogP contribution in [0.2, 0.25) is 0 Å². The van der Waals surface area contributed by atoms with Crippen LogP contribution in [-0.2, 0) is 13.6 Å². The molecular formula is C13H22N6. The molecule has 0 aliphatic carbocycles. The Kier molecular flexibility index (Phi) is 3.99. The van der Waals surface area contributed by atoms with Crippen molar-refractivity contribution in [3.8, 4) is 0 Å². The van der Waals surface area contributed by atoms with Crippen LogP contribution in [0, 0.1) is 5.92 Å². The molecule has 6 heteroatoms. The summed E-state index contributed by atoms with van der Waals surface area (Å²) in [5, 5.41) is 4.98. The van der Waals surface area contributed by atoms with E-state index in [0.717, 1.165) is 36.5 Å². The molecule has 2 rings (SSSR count). The van der Waals surface area contributed by atoms with E-state index >= 15 is 0 Å². The Balaban J connectivity index is 2.27. The molecule has 2 aromatic heterocycles. The second-order valence-electron chi connectivity index (χ2n) is 5.25. The minimum absolute atomic E-state index is 0.508. The summed E-state index contributed by atoms with van der Waals surface area (Å²) < 4.78 is 1.73. The Labute approximate surface area is 113 Å². The number of nitrogens with two attached hydrogens (primary N) is 1. The van der Waals surface area contributed by atoms with Crippen LogP contribution in [0.15, 0.2) is 6.20 Å². The number of nitrogens with zero attached hydrogens (tertiary/aromatic N) is 5. The van der Waals surface area contributed by atoms with Gasteiger partial charge in [-0.15, -0.1) is 0 Å². The first-order valence-corrected chi connectivity index (χ1v) is 6.67. The molecule has 2 heterocycles. The van der Waals surface area contributed by atoms with Crippen LogP contribution in [0.1, 0.15) is 26.6 Å². The zero-order valence-corrected chi connectivity index (χ0v) is 12.1. The van der Waals surface area contributed by atoms with E-state index in [1.807, 2.05) is 7.05 Å². The van der Waals surface area contributed by atoms with E-state index in [4.69, 9.17) is 5.73 Å². The van der Waals surface area contributed by atoms with Crippen molar-refractivity contribution in [2.45, 2.75) is 27.3 Å². The SMILES string of the molecule is CCN(Cc1nc(N)c2cnn(C)c2n1)CC(C)C. The highest BCUT2D eigenvalue weighted by Crippen LogP contribution is 2.17. The summed E-state index contributed by atoms with van der Waals surface area (Å²) in [5.74, 6) is 1.89. The third-order valence-electron chi connectivity index (χ3n) is 3.10. The van der Waals surface area contributed by atoms with Crippen molar-refractivity contribution >= 4 is 16.9 Å². The maximum absolute atomic E-state index is 5.97. The molecule has 0 aliphatic heterocycles. The normalized spacial score (nSPS) is 11.9. The van der Waals surface area contributed by atoms with Crippen LogP contribution in [0.4, 0.5) is 5.82 Å². The number of hydrogen-bond acceptors (Lipinski definition) is 5. The fourth-order valence-electron chi connectivity index (χ4n) is 2.18.